The molecule has 1 atom stereocenters. The van der Waals surface area contributed by atoms with E-state index in [2.05, 4.69) is 0 Å². The topological polar surface area (TPSA) is 130 Å². The maximum absolute atomic E-state index is 12.9. The van der Waals surface area contributed by atoms with E-state index in [1.165, 1.54) is 41.3 Å². The Hall–Kier alpha value is -2.98. The van der Waals surface area contributed by atoms with E-state index in [1.54, 1.807) is 6.07 Å². The molecular formula is C21H18Cl2N2O7. The fraction of sp³-hybridized carbons (Fsp3) is 0.238. The maximum atomic E-state index is 12.9. The van der Waals surface area contributed by atoms with Crippen LogP contribution in [-0.2, 0) is 14.3 Å². The summed E-state index contributed by atoms with van der Waals surface area (Å²) < 4.78 is 5.23. The number of hydrogen-bond donors (Lipinski definition) is 2. The molecule has 1 saturated heterocycles. The molecule has 1 amide bonds. The number of halogens is 2. The smallest absolute Gasteiger partial charge is 0.295 e. The lowest BCUT2D eigenvalue weighted by Crippen LogP contribution is -2.33. The van der Waals surface area contributed by atoms with Crippen LogP contribution in [0.5, 0.6) is 0 Å². The van der Waals surface area contributed by atoms with Crippen molar-refractivity contribution in [3.63, 3.8) is 0 Å². The van der Waals surface area contributed by atoms with Gasteiger partial charge >= 0.3 is 0 Å². The second-order valence-electron chi connectivity index (χ2n) is 6.80. The van der Waals surface area contributed by atoms with Crippen LogP contribution in [0.2, 0.25) is 10.0 Å². The summed E-state index contributed by atoms with van der Waals surface area (Å²) in [7, 11) is 0. The minimum atomic E-state index is -1.03. The number of nitro benzene ring substituents is 1. The Kier molecular flexibility index (Phi) is 7.47. The van der Waals surface area contributed by atoms with Crippen LogP contribution < -0.4 is 0 Å². The van der Waals surface area contributed by atoms with Crippen molar-refractivity contribution < 1.29 is 29.5 Å². The highest BCUT2D eigenvalue weighted by atomic mass is 35.5. The first-order valence-corrected chi connectivity index (χ1v) is 10.2. The molecule has 1 heterocycles. The van der Waals surface area contributed by atoms with Gasteiger partial charge in [0.25, 0.3) is 17.4 Å². The number of nitro groups is 1. The summed E-state index contributed by atoms with van der Waals surface area (Å²) in [5, 5.41) is 31.2. The van der Waals surface area contributed by atoms with Crippen molar-refractivity contribution in [1.82, 2.24) is 4.90 Å². The lowest BCUT2D eigenvalue weighted by Gasteiger charge is -2.26. The highest BCUT2D eigenvalue weighted by Crippen LogP contribution is 2.42. The Balaban J connectivity index is 2.10. The number of aliphatic hydroxyl groups excluding tert-OH is 2. The standard InChI is InChI=1S/C21H18Cl2N2O7/c22-13-3-6-15(16(23)11-13)18-17(19(27)12-1-4-14(5-2-12)25(30)31)20(28)21(29)24(18)7-9-32-10-8-26/h1-6,11,18,26-27H,7-10H2/b19-17+/t18-/m1/s1. The second kappa shape index (κ2) is 10.1. The molecule has 11 heteroatoms. The van der Waals surface area contributed by atoms with Crippen LogP contribution in [0.15, 0.2) is 48.0 Å². The Morgan fingerprint density at radius 3 is 2.41 bits per heavy atom. The molecule has 0 spiro atoms. The zero-order valence-electron chi connectivity index (χ0n) is 16.5. The highest BCUT2D eigenvalue weighted by molar-refractivity contribution is 6.47. The van der Waals surface area contributed by atoms with Crippen molar-refractivity contribution in [1.29, 1.82) is 0 Å². The summed E-state index contributed by atoms with van der Waals surface area (Å²) in [5.74, 6) is -2.29. The van der Waals surface area contributed by atoms with Gasteiger partial charge in [0, 0.05) is 34.3 Å². The molecule has 1 fully saturated rings. The third kappa shape index (κ3) is 4.76. The van der Waals surface area contributed by atoms with Gasteiger partial charge in [-0.2, -0.15) is 0 Å². The van der Waals surface area contributed by atoms with Crippen LogP contribution in [0.3, 0.4) is 0 Å². The average molecular weight is 481 g/mol. The molecule has 0 bridgehead atoms. The number of carbonyl (C=O) groups excluding carboxylic acids is 2. The summed E-state index contributed by atoms with van der Waals surface area (Å²) in [6.45, 7) is -0.122. The molecule has 2 N–H and O–H groups in total. The van der Waals surface area contributed by atoms with Crippen LogP contribution in [0, 0.1) is 10.1 Å². The molecule has 32 heavy (non-hydrogen) atoms. The Morgan fingerprint density at radius 2 is 1.81 bits per heavy atom. The molecule has 168 valence electrons. The summed E-state index contributed by atoms with van der Waals surface area (Å²) in [6.07, 6.45) is 0. The van der Waals surface area contributed by atoms with Gasteiger partial charge in [-0.25, -0.2) is 0 Å². The Labute approximate surface area is 192 Å². The number of amides is 1. The van der Waals surface area contributed by atoms with Crippen molar-refractivity contribution in [2.45, 2.75) is 6.04 Å². The summed E-state index contributed by atoms with van der Waals surface area (Å²) >= 11 is 12.3. The number of likely N-dealkylation sites (tertiary alicyclic amines) is 1. The van der Waals surface area contributed by atoms with Crippen LogP contribution in [0.1, 0.15) is 17.2 Å². The van der Waals surface area contributed by atoms with E-state index in [4.69, 9.17) is 33.0 Å². The van der Waals surface area contributed by atoms with Crippen molar-refractivity contribution in [2.24, 2.45) is 0 Å². The molecule has 0 unspecified atom stereocenters. The van der Waals surface area contributed by atoms with Gasteiger partial charge in [0.2, 0.25) is 0 Å². The molecule has 1 aliphatic rings. The SMILES string of the molecule is O=C1C(=O)N(CCOCCO)[C@H](c2ccc(Cl)cc2Cl)/C1=C(\O)c1ccc([N+](=O)[O-])cc1. The molecule has 1 aliphatic heterocycles. The van der Waals surface area contributed by atoms with E-state index in [9.17, 15) is 24.8 Å². The molecule has 9 nitrogen and oxygen atoms in total. The zero-order valence-corrected chi connectivity index (χ0v) is 18.0. The van der Waals surface area contributed by atoms with Gasteiger partial charge in [0.15, 0.2) is 0 Å². The summed E-state index contributed by atoms with van der Waals surface area (Å²) in [5.41, 5.74) is 0.0802. The van der Waals surface area contributed by atoms with Crippen LogP contribution in [0.4, 0.5) is 5.69 Å². The summed E-state index contributed by atoms with van der Waals surface area (Å²) in [4.78, 5) is 37.2. The van der Waals surface area contributed by atoms with E-state index in [0.717, 1.165) is 0 Å². The number of hydrogen-bond acceptors (Lipinski definition) is 7. The van der Waals surface area contributed by atoms with E-state index in [0.29, 0.717) is 10.6 Å². The molecule has 3 rings (SSSR count). The predicted molar refractivity (Wildman–Crippen MR) is 116 cm³/mol. The summed E-state index contributed by atoms with van der Waals surface area (Å²) in [6, 6.07) is 8.43. The minimum absolute atomic E-state index is 0.00869. The number of carbonyl (C=O) groups is 2. The Morgan fingerprint density at radius 1 is 1.12 bits per heavy atom. The van der Waals surface area contributed by atoms with Gasteiger partial charge in [-0.15, -0.1) is 0 Å². The van der Waals surface area contributed by atoms with E-state index in [-0.39, 0.29) is 48.2 Å². The minimum Gasteiger partial charge on any atom is -0.507 e. The number of benzene rings is 2. The third-order valence-corrected chi connectivity index (χ3v) is 5.42. The van der Waals surface area contributed by atoms with Crippen LogP contribution in [-0.4, -0.2) is 58.1 Å². The largest absolute Gasteiger partial charge is 0.507 e. The van der Waals surface area contributed by atoms with Gasteiger partial charge in [-0.1, -0.05) is 29.3 Å². The van der Waals surface area contributed by atoms with Crippen LogP contribution in [0.25, 0.3) is 5.76 Å². The normalized spacial score (nSPS) is 17.7. The highest BCUT2D eigenvalue weighted by Gasteiger charge is 2.46. The lowest BCUT2D eigenvalue weighted by atomic mass is 9.95. The van der Waals surface area contributed by atoms with Gasteiger partial charge in [-0.3, -0.25) is 19.7 Å². The number of aliphatic hydroxyl groups is 2. The van der Waals surface area contributed by atoms with E-state index >= 15 is 0 Å². The van der Waals surface area contributed by atoms with Gasteiger partial charge in [0.05, 0.1) is 36.4 Å². The maximum Gasteiger partial charge on any atom is 0.295 e. The Bertz CT molecular complexity index is 1090. The van der Waals surface area contributed by atoms with Crippen molar-refractivity contribution in [3.8, 4) is 0 Å². The van der Waals surface area contributed by atoms with Crippen molar-refractivity contribution in [3.05, 3.63) is 79.3 Å². The first-order valence-electron chi connectivity index (χ1n) is 9.43. The molecule has 0 saturated carbocycles. The lowest BCUT2D eigenvalue weighted by molar-refractivity contribution is -0.384. The number of non-ortho nitro benzene ring substituents is 1. The fourth-order valence-corrected chi connectivity index (χ4v) is 3.90. The monoisotopic (exact) mass is 480 g/mol. The average Bonchev–Trinajstić information content (AvgIpc) is 3.01. The van der Waals surface area contributed by atoms with Gasteiger partial charge < -0.3 is 19.8 Å². The van der Waals surface area contributed by atoms with E-state index in [1.807, 2.05) is 0 Å². The molecule has 0 radical (unpaired) electrons. The second-order valence-corrected chi connectivity index (χ2v) is 7.64. The third-order valence-electron chi connectivity index (χ3n) is 4.86. The molecule has 0 aromatic heterocycles. The van der Waals surface area contributed by atoms with Crippen molar-refractivity contribution in [2.75, 3.05) is 26.4 Å². The van der Waals surface area contributed by atoms with Gasteiger partial charge in [0.1, 0.15) is 5.76 Å². The predicted octanol–water partition coefficient (Wildman–Crippen LogP) is 3.33. The zero-order chi connectivity index (χ0) is 23.4. The number of Topliss-reactive ketones (excluding diaryl/α,β-unsaturated/α-hetero) is 1. The molecule has 2 aromatic carbocycles. The first-order chi connectivity index (χ1) is 15.3. The van der Waals surface area contributed by atoms with Crippen molar-refractivity contribution >= 4 is 46.3 Å². The van der Waals surface area contributed by atoms with E-state index < -0.39 is 28.4 Å². The van der Waals surface area contributed by atoms with Crippen LogP contribution >= 0.6 is 23.2 Å². The molecule has 2 aromatic rings. The quantitative estimate of drug-likeness (QED) is 0.148. The molecule has 0 aliphatic carbocycles. The fourth-order valence-electron chi connectivity index (χ4n) is 3.38. The number of nitrogens with zero attached hydrogens (tertiary/aromatic N) is 2. The molecular weight excluding hydrogens is 463 g/mol. The number of rotatable bonds is 8. The van der Waals surface area contributed by atoms with Gasteiger partial charge in [-0.05, 0) is 29.8 Å². The number of ketones is 1. The first kappa shape index (κ1) is 23.7. The number of ether oxygens (including phenoxy) is 1.